The van der Waals surface area contributed by atoms with Crippen molar-refractivity contribution >= 4 is 35.1 Å². The summed E-state index contributed by atoms with van der Waals surface area (Å²) in [6.45, 7) is 6.62. The summed E-state index contributed by atoms with van der Waals surface area (Å²) in [5, 5.41) is 3.82. The molecule has 0 bridgehead atoms. The van der Waals surface area contributed by atoms with Crippen molar-refractivity contribution in [1.29, 1.82) is 0 Å². The predicted octanol–water partition coefficient (Wildman–Crippen LogP) is 3.83. The fraction of sp³-hybridized carbons (Fsp3) is 0.444. The van der Waals surface area contributed by atoms with Crippen LogP contribution in [0.4, 0.5) is 4.79 Å². The van der Waals surface area contributed by atoms with Gasteiger partial charge >= 0.3 is 6.03 Å². The van der Waals surface area contributed by atoms with Crippen LogP contribution in [0.1, 0.15) is 32.4 Å². The van der Waals surface area contributed by atoms with Crippen molar-refractivity contribution in [2.24, 2.45) is 5.92 Å². The number of rotatable bonds is 3. The van der Waals surface area contributed by atoms with Crippen LogP contribution in [0.25, 0.3) is 0 Å². The Hall–Kier alpha value is -1.72. The molecule has 0 spiro atoms. The molecule has 1 N–H and O–H groups in total. The molecule has 3 amide bonds. The largest absolute Gasteiger partial charge is 0.330 e. The van der Waals surface area contributed by atoms with Crippen molar-refractivity contribution in [3.8, 4) is 0 Å². The van der Waals surface area contributed by atoms with E-state index in [0.29, 0.717) is 33.6 Å². The summed E-state index contributed by atoms with van der Waals surface area (Å²) in [4.78, 5) is 28.9. The molecule has 2 aliphatic heterocycles. The van der Waals surface area contributed by atoms with Crippen LogP contribution in [0.3, 0.4) is 0 Å². The van der Waals surface area contributed by atoms with E-state index in [1.807, 2.05) is 11.8 Å². The van der Waals surface area contributed by atoms with Gasteiger partial charge in [-0.15, -0.1) is 0 Å². The van der Waals surface area contributed by atoms with Gasteiger partial charge in [-0.1, -0.05) is 43.1 Å². The fourth-order valence-corrected chi connectivity index (χ4v) is 3.76. The molecular weight excluding hydrogens is 361 g/mol. The molecular formula is C18H21Cl2N3O2. The third-order valence-electron chi connectivity index (χ3n) is 5.12. The number of nitrogens with one attached hydrogen (secondary N) is 1. The second kappa shape index (κ2) is 6.54. The molecule has 0 saturated carbocycles. The van der Waals surface area contributed by atoms with Crippen molar-refractivity contribution in [3.63, 3.8) is 0 Å². The third-order valence-corrected chi connectivity index (χ3v) is 5.68. The zero-order valence-corrected chi connectivity index (χ0v) is 16.1. The number of hydrogen-bond acceptors (Lipinski definition) is 2. The van der Waals surface area contributed by atoms with E-state index in [4.69, 9.17) is 23.2 Å². The molecule has 134 valence electrons. The van der Waals surface area contributed by atoms with E-state index >= 15 is 0 Å². The molecule has 2 heterocycles. The highest BCUT2D eigenvalue weighted by Crippen LogP contribution is 2.39. The molecule has 0 aromatic heterocycles. The topological polar surface area (TPSA) is 52.7 Å². The number of nitrogens with zero attached hydrogens (tertiary/aromatic N) is 2. The fourth-order valence-electron chi connectivity index (χ4n) is 3.25. The Morgan fingerprint density at radius 3 is 2.48 bits per heavy atom. The van der Waals surface area contributed by atoms with Gasteiger partial charge in [0.1, 0.15) is 0 Å². The molecule has 1 aromatic rings. The van der Waals surface area contributed by atoms with Crippen LogP contribution in [0, 0.1) is 5.92 Å². The normalized spacial score (nSPS) is 21.8. The highest BCUT2D eigenvalue weighted by Gasteiger charge is 2.44. The molecule has 0 saturated heterocycles. The molecule has 1 aromatic carbocycles. The monoisotopic (exact) mass is 381 g/mol. The molecule has 2 atom stereocenters. The molecule has 5 nitrogen and oxygen atoms in total. The average Bonchev–Trinajstić information content (AvgIpc) is 2.88. The molecule has 25 heavy (non-hydrogen) atoms. The van der Waals surface area contributed by atoms with E-state index < -0.39 is 6.04 Å². The van der Waals surface area contributed by atoms with Crippen molar-refractivity contribution in [2.75, 3.05) is 13.6 Å². The number of benzene rings is 1. The first-order chi connectivity index (χ1) is 11.7. The van der Waals surface area contributed by atoms with E-state index in [1.165, 1.54) is 4.90 Å². The lowest BCUT2D eigenvalue weighted by Crippen LogP contribution is -2.45. The van der Waals surface area contributed by atoms with Crippen molar-refractivity contribution < 1.29 is 9.59 Å². The summed E-state index contributed by atoms with van der Waals surface area (Å²) in [7, 11) is 1.68. The summed E-state index contributed by atoms with van der Waals surface area (Å²) in [6.07, 6.45) is 0. The predicted molar refractivity (Wildman–Crippen MR) is 98.5 cm³/mol. The maximum atomic E-state index is 13.1. The maximum absolute atomic E-state index is 13.1. The SMILES string of the molecule is CC(C)[C@@H](C)N1CC2=C(C1=O)[C@@H](c1ccc(Cl)cc1Cl)NC(=O)N2C. The summed E-state index contributed by atoms with van der Waals surface area (Å²) >= 11 is 12.3. The van der Waals surface area contributed by atoms with Crippen LogP contribution in [-0.2, 0) is 4.79 Å². The Kier molecular flexibility index (Phi) is 4.73. The third kappa shape index (κ3) is 3.00. The van der Waals surface area contributed by atoms with Gasteiger partial charge in [-0.3, -0.25) is 9.69 Å². The molecule has 2 aliphatic rings. The lowest BCUT2D eigenvalue weighted by atomic mass is 9.95. The van der Waals surface area contributed by atoms with Crippen LogP contribution in [0.5, 0.6) is 0 Å². The molecule has 0 fully saturated rings. The lowest BCUT2D eigenvalue weighted by Gasteiger charge is -2.31. The van der Waals surface area contributed by atoms with Crippen LogP contribution < -0.4 is 5.32 Å². The van der Waals surface area contributed by atoms with Gasteiger partial charge in [0.25, 0.3) is 5.91 Å². The average molecular weight is 382 g/mol. The van der Waals surface area contributed by atoms with E-state index in [1.54, 1.807) is 25.2 Å². The molecule has 3 rings (SSSR count). The van der Waals surface area contributed by atoms with Crippen molar-refractivity contribution in [1.82, 2.24) is 15.1 Å². The van der Waals surface area contributed by atoms with Gasteiger partial charge in [0.05, 0.1) is 23.9 Å². The lowest BCUT2D eigenvalue weighted by molar-refractivity contribution is -0.128. The number of carbonyl (C=O) groups excluding carboxylic acids is 2. The Labute approximate surface area is 157 Å². The van der Waals surface area contributed by atoms with Gasteiger partial charge in [-0.05, 0) is 30.5 Å². The van der Waals surface area contributed by atoms with Gasteiger partial charge in [0.2, 0.25) is 0 Å². The Morgan fingerprint density at radius 2 is 1.88 bits per heavy atom. The van der Waals surface area contributed by atoms with Gasteiger partial charge in [0, 0.05) is 23.1 Å². The second-order valence-electron chi connectivity index (χ2n) is 6.89. The number of urea groups is 1. The molecule has 0 unspecified atom stereocenters. The highest BCUT2D eigenvalue weighted by atomic mass is 35.5. The van der Waals surface area contributed by atoms with E-state index in [9.17, 15) is 9.59 Å². The summed E-state index contributed by atoms with van der Waals surface area (Å²) < 4.78 is 0. The van der Waals surface area contributed by atoms with Gasteiger partial charge in [0.15, 0.2) is 0 Å². The standard InChI is InChI=1S/C18H21Cl2N3O2/c1-9(2)10(3)23-8-14-15(17(23)24)16(21-18(25)22(14)4)12-6-5-11(19)7-13(12)20/h5-7,9-10,16H,8H2,1-4H3,(H,21,25)/t10-,16-/m1/s1. The van der Waals surface area contributed by atoms with Crippen molar-refractivity contribution in [2.45, 2.75) is 32.9 Å². The second-order valence-corrected chi connectivity index (χ2v) is 7.73. The smallest absolute Gasteiger partial charge is 0.322 e. The van der Waals surface area contributed by atoms with E-state index in [2.05, 4.69) is 19.2 Å². The Morgan fingerprint density at radius 1 is 1.20 bits per heavy atom. The zero-order valence-electron chi connectivity index (χ0n) is 14.6. The minimum atomic E-state index is -0.569. The quantitative estimate of drug-likeness (QED) is 0.864. The number of halogens is 2. The van der Waals surface area contributed by atoms with E-state index in [-0.39, 0.29) is 18.0 Å². The molecule has 7 heteroatoms. The Balaban J connectivity index is 2.06. The maximum Gasteiger partial charge on any atom is 0.322 e. The minimum absolute atomic E-state index is 0.0564. The first-order valence-electron chi connectivity index (χ1n) is 8.25. The number of likely N-dealkylation sites (N-methyl/N-ethyl adjacent to an activating group) is 1. The molecule has 0 radical (unpaired) electrons. The summed E-state index contributed by atoms with van der Waals surface area (Å²) in [6, 6.07) is 4.34. The van der Waals surface area contributed by atoms with Gasteiger partial charge < -0.3 is 10.2 Å². The van der Waals surface area contributed by atoms with Crippen LogP contribution in [0.2, 0.25) is 10.0 Å². The number of carbonyl (C=O) groups is 2. The summed E-state index contributed by atoms with van der Waals surface area (Å²) in [5.41, 5.74) is 1.99. The van der Waals surface area contributed by atoms with Crippen LogP contribution >= 0.6 is 23.2 Å². The Bertz CT molecular complexity index is 776. The van der Waals surface area contributed by atoms with Crippen molar-refractivity contribution in [3.05, 3.63) is 45.1 Å². The van der Waals surface area contributed by atoms with Crippen LogP contribution in [-0.4, -0.2) is 41.4 Å². The molecule has 0 aliphatic carbocycles. The van der Waals surface area contributed by atoms with Gasteiger partial charge in [-0.25, -0.2) is 4.79 Å². The first kappa shape index (κ1) is 18.1. The first-order valence-corrected chi connectivity index (χ1v) is 9.01. The van der Waals surface area contributed by atoms with Gasteiger partial charge in [-0.2, -0.15) is 0 Å². The summed E-state index contributed by atoms with van der Waals surface area (Å²) in [5.74, 6) is 0.260. The minimum Gasteiger partial charge on any atom is -0.330 e. The highest BCUT2D eigenvalue weighted by molar-refractivity contribution is 6.35. The van der Waals surface area contributed by atoms with E-state index in [0.717, 1.165) is 5.70 Å². The van der Waals surface area contributed by atoms with Crippen LogP contribution in [0.15, 0.2) is 29.5 Å². The number of hydrogen-bond donors (Lipinski definition) is 1. The zero-order chi connectivity index (χ0) is 18.5. The number of amides is 3.